The highest BCUT2D eigenvalue weighted by atomic mass is 35.5. The van der Waals surface area contributed by atoms with Crippen molar-refractivity contribution in [3.05, 3.63) is 52.4 Å². The number of fused-ring (bicyclic) bond motifs is 1. The van der Waals surface area contributed by atoms with Crippen molar-refractivity contribution < 1.29 is 0 Å². The number of nitrogens with one attached hydrogen (secondary N) is 2. The molecule has 0 aliphatic rings. The van der Waals surface area contributed by atoms with Crippen molar-refractivity contribution in [2.75, 3.05) is 11.9 Å². The molecule has 1 aromatic carbocycles. The Morgan fingerprint density at radius 3 is 2.70 bits per heavy atom. The van der Waals surface area contributed by atoms with Gasteiger partial charge in [0.15, 0.2) is 0 Å². The Hall–Kier alpha value is -2.07. The highest BCUT2D eigenvalue weighted by molar-refractivity contribution is 6.30. The van der Waals surface area contributed by atoms with Gasteiger partial charge in [0.05, 0.1) is 5.39 Å². The van der Waals surface area contributed by atoms with E-state index in [1.54, 1.807) is 0 Å². The van der Waals surface area contributed by atoms with Crippen molar-refractivity contribution in [2.45, 2.75) is 33.1 Å². The van der Waals surface area contributed by atoms with Crippen LogP contribution in [0.3, 0.4) is 0 Å². The molecule has 2 heterocycles. The first kappa shape index (κ1) is 15.8. The molecule has 5 heteroatoms. The van der Waals surface area contributed by atoms with Gasteiger partial charge in [0.25, 0.3) is 0 Å². The topological polar surface area (TPSA) is 53.6 Å². The van der Waals surface area contributed by atoms with Gasteiger partial charge in [-0.25, -0.2) is 9.97 Å². The van der Waals surface area contributed by atoms with Crippen LogP contribution < -0.4 is 5.32 Å². The molecule has 120 valence electrons. The molecule has 0 unspecified atom stereocenters. The molecule has 0 spiro atoms. The number of hydrogen-bond acceptors (Lipinski definition) is 3. The summed E-state index contributed by atoms with van der Waals surface area (Å²) in [5, 5.41) is 5.27. The zero-order chi connectivity index (χ0) is 16.6. The van der Waals surface area contributed by atoms with Crippen LogP contribution in [0.4, 0.5) is 5.82 Å². The fourth-order valence-corrected chi connectivity index (χ4v) is 2.89. The second-order valence-electron chi connectivity index (χ2n) is 6.58. The average molecular weight is 329 g/mol. The molecule has 0 saturated heterocycles. The van der Waals surface area contributed by atoms with E-state index in [4.69, 9.17) is 11.6 Å². The minimum absolute atomic E-state index is 0.0680. The molecule has 3 aromatic rings. The summed E-state index contributed by atoms with van der Waals surface area (Å²) in [4.78, 5) is 12.3. The largest absolute Gasteiger partial charge is 0.369 e. The number of aromatic nitrogens is 3. The van der Waals surface area contributed by atoms with Crippen LogP contribution in [0, 0.1) is 13.8 Å². The molecular formula is C18H21ClN4. The average Bonchev–Trinajstić information content (AvgIpc) is 2.85. The normalized spacial score (nSPS) is 11.9. The highest BCUT2D eigenvalue weighted by Crippen LogP contribution is 2.27. The van der Waals surface area contributed by atoms with Crippen LogP contribution in [-0.4, -0.2) is 21.5 Å². The Kier molecular flexibility index (Phi) is 4.02. The first-order valence-corrected chi connectivity index (χ1v) is 8.07. The Balaban J connectivity index is 1.88. The van der Waals surface area contributed by atoms with Crippen LogP contribution in [0.1, 0.15) is 30.9 Å². The van der Waals surface area contributed by atoms with E-state index < -0.39 is 0 Å². The number of rotatable bonds is 4. The standard InChI is InChI=1S/C18H21ClN4/c1-11-8-15-16(22-12(2)23-17(15)21-11)20-10-18(3,4)13-6-5-7-14(19)9-13/h5-9H,10H2,1-4H3,(H2,20,21,22,23). The molecule has 0 atom stereocenters. The lowest BCUT2D eigenvalue weighted by Crippen LogP contribution is -2.28. The zero-order valence-corrected chi connectivity index (χ0v) is 14.6. The maximum Gasteiger partial charge on any atom is 0.143 e. The lowest BCUT2D eigenvalue weighted by Gasteiger charge is -2.26. The minimum atomic E-state index is -0.0680. The molecule has 3 rings (SSSR count). The second kappa shape index (κ2) is 5.85. The predicted molar refractivity (Wildman–Crippen MR) is 96.3 cm³/mol. The van der Waals surface area contributed by atoms with Crippen LogP contribution in [0.2, 0.25) is 5.02 Å². The summed E-state index contributed by atoms with van der Waals surface area (Å²) in [7, 11) is 0. The molecular weight excluding hydrogens is 308 g/mol. The van der Waals surface area contributed by atoms with Crippen molar-refractivity contribution in [3.8, 4) is 0 Å². The van der Waals surface area contributed by atoms with Crippen LogP contribution in [0.15, 0.2) is 30.3 Å². The number of hydrogen-bond donors (Lipinski definition) is 2. The van der Waals surface area contributed by atoms with E-state index in [1.165, 1.54) is 5.56 Å². The molecule has 0 amide bonds. The lowest BCUT2D eigenvalue weighted by atomic mass is 9.84. The van der Waals surface area contributed by atoms with Gasteiger partial charge in [-0.1, -0.05) is 37.6 Å². The molecule has 2 N–H and O–H groups in total. The Bertz CT molecular complexity index is 851. The molecule has 0 aliphatic heterocycles. The first-order chi connectivity index (χ1) is 10.8. The molecule has 0 aliphatic carbocycles. The molecule has 23 heavy (non-hydrogen) atoms. The summed E-state index contributed by atoms with van der Waals surface area (Å²) in [5.74, 6) is 1.62. The van der Waals surface area contributed by atoms with E-state index in [0.717, 1.165) is 39.9 Å². The predicted octanol–water partition coefficient (Wildman–Crippen LogP) is 4.62. The molecule has 0 fully saturated rings. The van der Waals surface area contributed by atoms with Gasteiger partial charge in [-0.15, -0.1) is 0 Å². The monoisotopic (exact) mass is 328 g/mol. The minimum Gasteiger partial charge on any atom is -0.369 e. The number of halogens is 1. The maximum absolute atomic E-state index is 6.12. The third kappa shape index (κ3) is 3.32. The number of aryl methyl sites for hydroxylation is 2. The third-order valence-corrected chi connectivity index (χ3v) is 4.27. The Labute approximate surface area is 141 Å². The summed E-state index contributed by atoms with van der Waals surface area (Å²) in [6, 6.07) is 10.1. The van der Waals surface area contributed by atoms with Crippen molar-refractivity contribution >= 4 is 28.5 Å². The highest BCUT2D eigenvalue weighted by Gasteiger charge is 2.21. The van der Waals surface area contributed by atoms with Gasteiger partial charge in [0, 0.05) is 22.7 Å². The fourth-order valence-electron chi connectivity index (χ4n) is 2.70. The SMILES string of the molecule is Cc1nc(NCC(C)(C)c2cccc(Cl)c2)c2cc(C)[nH]c2n1. The summed E-state index contributed by atoms with van der Waals surface area (Å²) in [5.41, 5.74) is 3.08. The third-order valence-electron chi connectivity index (χ3n) is 4.04. The smallest absolute Gasteiger partial charge is 0.143 e. The lowest BCUT2D eigenvalue weighted by molar-refractivity contribution is 0.556. The van der Waals surface area contributed by atoms with E-state index in [2.05, 4.69) is 46.2 Å². The second-order valence-corrected chi connectivity index (χ2v) is 7.02. The summed E-state index contributed by atoms with van der Waals surface area (Å²) < 4.78 is 0. The number of aromatic amines is 1. The van der Waals surface area contributed by atoms with Gasteiger partial charge in [0.2, 0.25) is 0 Å². The van der Waals surface area contributed by atoms with Crippen LogP contribution in [-0.2, 0) is 5.41 Å². The van der Waals surface area contributed by atoms with Gasteiger partial charge in [-0.3, -0.25) is 0 Å². The molecule has 4 nitrogen and oxygen atoms in total. The van der Waals surface area contributed by atoms with Crippen LogP contribution >= 0.6 is 11.6 Å². The van der Waals surface area contributed by atoms with E-state index >= 15 is 0 Å². The number of anilines is 1. The fraction of sp³-hybridized carbons (Fsp3) is 0.333. The maximum atomic E-state index is 6.12. The summed E-state index contributed by atoms with van der Waals surface area (Å²) in [6.07, 6.45) is 0. The van der Waals surface area contributed by atoms with Gasteiger partial charge in [-0.2, -0.15) is 0 Å². The van der Waals surface area contributed by atoms with Gasteiger partial charge in [-0.05, 0) is 37.6 Å². The van der Waals surface area contributed by atoms with Crippen molar-refractivity contribution in [2.24, 2.45) is 0 Å². The van der Waals surface area contributed by atoms with Crippen LogP contribution in [0.25, 0.3) is 11.0 Å². The van der Waals surface area contributed by atoms with Crippen molar-refractivity contribution in [1.29, 1.82) is 0 Å². The Morgan fingerprint density at radius 1 is 1.17 bits per heavy atom. The quantitative estimate of drug-likeness (QED) is 0.735. The van der Waals surface area contributed by atoms with Gasteiger partial charge < -0.3 is 10.3 Å². The number of H-pyrrole nitrogens is 1. The van der Waals surface area contributed by atoms with E-state index in [-0.39, 0.29) is 5.41 Å². The van der Waals surface area contributed by atoms with Crippen molar-refractivity contribution in [1.82, 2.24) is 15.0 Å². The van der Waals surface area contributed by atoms with E-state index in [0.29, 0.717) is 0 Å². The van der Waals surface area contributed by atoms with Crippen molar-refractivity contribution in [3.63, 3.8) is 0 Å². The zero-order valence-electron chi connectivity index (χ0n) is 13.9. The molecule has 0 radical (unpaired) electrons. The summed E-state index contributed by atoms with van der Waals surface area (Å²) >= 11 is 6.12. The van der Waals surface area contributed by atoms with E-state index in [1.807, 2.05) is 32.0 Å². The number of benzene rings is 1. The number of nitrogens with zero attached hydrogens (tertiary/aromatic N) is 2. The summed E-state index contributed by atoms with van der Waals surface area (Å²) in [6.45, 7) is 9.07. The molecule has 0 saturated carbocycles. The molecule has 0 bridgehead atoms. The van der Waals surface area contributed by atoms with Crippen LogP contribution in [0.5, 0.6) is 0 Å². The Morgan fingerprint density at radius 2 is 1.96 bits per heavy atom. The van der Waals surface area contributed by atoms with Gasteiger partial charge in [0.1, 0.15) is 17.3 Å². The van der Waals surface area contributed by atoms with E-state index in [9.17, 15) is 0 Å². The van der Waals surface area contributed by atoms with Gasteiger partial charge >= 0.3 is 0 Å². The first-order valence-electron chi connectivity index (χ1n) is 7.69. The molecule has 2 aromatic heterocycles.